The van der Waals surface area contributed by atoms with E-state index in [0.29, 0.717) is 5.56 Å². The number of carbonyl (C=O) groups is 1. The molecular weight excluding hydrogens is 358 g/mol. The van der Waals surface area contributed by atoms with Crippen molar-refractivity contribution in [3.63, 3.8) is 0 Å². The fraction of sp³-hybridized carbons (Fsp3) is 0.278. The van der Waals surface area contributed by atoms with Gasteiger partial charge in [0.15, 0.2) is 5.65 Å². The topological polar surface area (TPSA) is 59.8 Å². The van der Waals surface area contributed by atoms with Crippen molar-refractivity contribution in [1.82, 2.24) is 20.1 Å². The van der Waals surface area contributed by atoms with Crippen molar-refractivity contribution in [3.05, 3.63) is 54.4 Å². The third-order valence-electron chi connectivity index (χ3n) is 4.00. The van der Waals surface area contributed by atoms with E-state index in [1.807, 2.05) is 24.3 Å². The normalized spacial score (nSPS) is 15.7. The van der Waals surface area contributed by atoms with Crippen LogP contribution in [0.4, 0.5) is 8.78 Å². The maximum Gasteiger partial charge on any atom is 0.251 e. The van der Waals surface area contributed by atoms with Crippen molar-refractivity contribution in [2.45, 2.75) is 24.0 Å². The van der Waals surface area contributed by atoms with Gasteiger partial charge in [-0.25, -0.2) is 18.4 Å². The van der Waals surface area contributed by atoms with Gasteiger partial charge in [0.2, 0.25) is 5.92 Å². The number of amides is 1. The van der Waals surface area contributed by atoms with Crippen molar-refractivity contribution in [3.8, 4) is 5.69 Å². The standard InChI is InChI=1S/C14H12N4O.C4H6F2S/c1-15-14(19)10-4-6-12(7-5-10)18-13-11(9-17-18)3-2-8-16-13;5-4(6)1-3(7)2-4/h2-9H,1H3,(H,15,19);3,7H,1-2H2. The molecule has 1 aromatic carbocycles. The zero-order valence-electron chi connectivity index (χ0n) is 14.1. The lowest BCUT2D eigenvalue weighted by Gasteiger charge is -2.30. The Balaban J connectivity index is 0.000000236. The maximum absolute atomic E-state index is 11.7. The van der Waals surface area contributed by atoms with Gasteiger partial charge < -0.3 is 5.32 Å². The van der Waals surface area contributed by atoms with Gasteiger partial charge in [-0.2, -0.15) is 17.7 Å². The lowest BCUT2D eigenvalue weighted by molar-refractivity contribution is -0.0662. The molecule has 2 aromatic heterocycles. The van der Waals surface area contributed by atoms with Crippen LogP contribution >= 0.6 is 12.6 Å². The van der Waals surface area contributed by atoms with Gasteiger partial charge in [0.05, 0.1) is 11.9 Å². The Morgan fingerprint density at radius 3 is 2.50 bits per heavy atom. The molecule has 0 aliphatic heterocycles. The average molecular weight is 376 g/mol. The molecule has 3 aromatic rings. The molecule has 136 valence electrons. The van der Waals surface area contributed by atoms with Crippen LogP contribution in [-0.2, 0) is 0 Å². The molecule has 1 fully saturated rings. The fourth-order valence-electron chi connectivity index (χ4n) is 2.58. The monoisotopic (exact) mass is 376 g/mol. The molecule has 0 radical (unpaired) electrons. The summed E-state index contributed by atoms with van der Waals surface area (Å²) in [7, 11) is 1.61. The van der Waals surface area contributed by atoms with E-state index in [1.165, 1.54) is 0 Å². The second-order valence-corrected chi connectivity index (χ2v) is 6.75. The van der Waals surface area contributed by atoms with Crippen LogP contribution in [0.15, 0.2) is 48.8 Å². The number of nitrogens with one attached hydrogen (secondary N) is 1. The van der Waals surface area contributed by atoms with Crippen LogP contribution in [0.25, 0.3) is 16.7 Å². The molecule has 1 aliphatic carbocycles. The number of hydrogen-bond donors (Lipinski definition) is 2. The van der Waals surface area contributed by atoms with Gasteiger partial charge >= 0.3 is 0 Å². The number of alkyl halides is 2. The van der Waals surface area contributed by atoms with E-state index >= 15 is 0 Å². The van der Waals surface area contributed by atoms with Gasteiger partial charge in [-0.3, -0.25) is 4.79 Å². The van der Waals surface area contributed by atoms with Gasteiger partial charge in [-0.1, -0.05) is 0 Å². The van der Waals surface area contributed by atoms with Crippen LogP contribution in [0.2, 0.25) is 0 Å². The van der Waals surface area contributed by atoms with E-state index in [0.717, 1.165) is 16.7 Å². The van der Waals surface area contributed by atoms with Gasteiger partial charge in [-0.15, -0.1) is 0 Å². The zero-order chi connectivity index (χ0) is 18.7. The quantitative estimate of drug-likeness (QED) is 0.673. The van der Waals surface area contributed by atoms with Crippen LogP contribution in [-0.4, -0.2) is 38.9 Å². The molecule has 26 heavy (non-hydrogen) atoms. The second kappa shape index (κ2) is 7.41. The first-order chi connectivity index (χ1) is 12.4. The summed E-state index contributed by atoms with van der Waals surface area (Å²) in [6.45, 7) is 0. The highest BCUT2D eigenvalue weighted by molar-refractivity contribution is 7.81. The van der Waals surface area contributed by atoms with E-state index < -0.39 is 5.92 Å². The lowest BCUT2D eigenvalue weighted by atomic mass is 9.94. The van der Waals surface area contributed by atoms with Crippen LogP contribution in [0.1, 0.15) is 23.2 Å². The van der Waals surface area contributed by atoms with E-state index in [2.05, 4.69) is 28.0 Å². The van der Waals surface area contributed by atoms with Gasteiger partial charge in [0.25, 0.3) is 5.91 Å². The molecule has 0 spiro atoms. The summed E-state index contributed by atoms with van der Waals surface area (Å²) in [5.74, 6) is -2.48. The lowest BCUT2D eigenvalue weighted by Crippen LogP contribution is -2.35. The molecule has 1 N–H and O–H groups in total. The van der Waals surface area contributed by atoms with Crippen molar-refractivity contribution >= 4 is 29.6 Å². The second-order valence-electron chi connectivity index (χ2n) is 6.02. The Bertz CT molecular complexity index is 903. The van der Waals surface area contributed by atoms with Crippen LogP contribution < -0.4 is 5.32 Å². The molecule has 0 bridgehead atoms. The summed E-state index contributed by atoms with van der Waals surface area (Å²) in [6.07, 6.45) is 3.45. The number of pyridine rings is 1. The Labute approximate surface area is 154 Å². The summed E-state index contributed by atoms with van der Waals surface area (Å²) >= 11 is 3.82. The number of benzene rings is 1. The van der Waals surface area contributed by atoms with Crippen molar-refractivity contribution < 1.29 is 13.6 Å². The smallest absolute Gasteiger partial charge is 0.251 e. The number of hydrogen-bond acceptors (Lipinski definition) is 4. The molecule has 1 amide bonds. The minimum atomic E-state index is -2.38. The number of rotatable bonds is 2. The number of nitrogens with zero attached hydrogens (tertiary/aromatic N) is 3. The average Bonchev–Trinajstić information content (AvgIpc) is 3.04. The highest BCUT2D eigenvalue weighted by Gasteiger charge is 2.43. The minimum Gasteiger partial charge on any atom is -0.355 e. The molecule has 0 atom stereocenters. The number of aromatic nitrogens is 3. The highest BCUT2D eigenvalue weighted by Crippen LogP contribution is 2.40. The number of fused-ring (bicyclic) bond motifs is 1. The molecule has 2 heterocycles. The van der Waals surface area contributed by atoms with E-state index in [9.17, 15) is 13.6 Å². The Hall–Kier alpha value is -2.48. The zero-order valence-corrected chi connectivity index (χ0v) is 15.0. The van der Waals surface area contributed by atoms with Gasteiger partial charge in [0, 0.05) is 42.3 Å². The van der Waals surface area contributed by atoms with Crippen molar-refractivity contribution in [2.24, 2.45) is 0 Å². The Morgan fingerprint density at radius 2 is 1.96 bits per heavy atom. The largest absolute Gasteiger partial charge is 0.355 e. The van der Waals surface area contributed by atoms with Crippen LogP contribution in [0.3, 0.4) is 0 Å². The molecule has 1 aliphatic rings. The number of thiol groups is 1. The predicted octanol–water partition coefficient (Wildman–Crippen LogP) is 3.49. The molecular formula is C18H18F2N4OS. The van der Waals surface area contributed by atoms with Crippen LogP contribution in [0, 0.1) is 0 Å². The third-order valence-corrected chi connectivity index (χ3v) is 4.36. The van der Waals surface area contributed by atoms with Gasteiger partial charge in [0.1, 0.15) is 0 Å². The van der Waals surface area contributed by atoms with Crippen molar-refractivity contribution in [2.75, 3.05) is 7.05 Å². The third kappa shape index (κ3) is 4.01. The highest BCUT2D eigenvalue weighted by atomic mass is 32.1. The van der Waals surface area contributed by atoms with E-state index in [4.69, 9.17) is 0 Å². The molecule has 4 rings (SSSR count). The Kier molecular flexibility index (Phi) is 5.22. The first-order valence-corrected chi connectivity index (χ1v) is 8.58. The SMILES string of the molecule is CNC(=O)c1ccc(-n2ncc3cccnc32)cc1.FC1(F)CC(S)C1. The first-order valence-electron chi connectivity index (χ1n) is 8.07. The molecule has 8 heteroatoms. The van der Waals surface area contributed by atoms with Crippen molar-refractivity contribution in [1.29, 1.82) is 0 Å². The first kappa shape index (κ1) is 18.3. The van der Waals surface area contributed by atoms with E-state index in [1.54, 1.807) is 36.3 Å². The summed E-state index contributed by atoms with van der Waals surface area (Å²) in [5.41, 5.74) is 2.30. The molecule has 0 unspecified atom stereocenters. The predicted molar refractivity (Wildman–Crippen MR) is 99.2 cm³/mol. The summed E-state index contributed by atoms with van der Waals surface area (Å²) in [6, 6.07) is 11.1. The summed E-state index contributed by atoms with van der Waals surface area (Å²) in [4.78, 5) is 15.8. The summed E-state index contributed by atoms with van der Waals surface area (Å²) in [5, 5.41) is 7.84. The number of carbonyl (C=O) groups excluding carboxylic acids is 1. The molecule has 1 saturated carbocycles. The number of halogens is 2. The Morgan fingerprint density at radius 1 is 1.27 bits per heavy atom. The molecule has 0 saturated heterocycles. The van der Waals surface area contributed by atoms with Crippen LogP contribution in [0.5, 0.6) is 0 Å². The maximum atomic E-state index is 11.7. The minimum absolute atomic E-state index is 0.0316. The summed E-state index contributed by atoms with van der Waals surface area (Å²) < 4.78 is 25.2. The van der Waals surface area contributed by atoms with Gasteiger partial charge in [-0.05, 0) is 36.4 Å². The molecule has 5 nitrogen and oxygen atoms in total. The fourth-order valence-corrected chi connectivity index (χ4v) is 3.11. The van der Waals surface area contributed by atoms with E-state index in [-0.39, 0.29) is 24.0 Å².